The molecular formula is C38H58O14. The van der Waals surface area contributed by atoms with Crippen molar-refractivity contribution in [2.45, 2.75) is 159 Å². The van der Waals surface area contributed by atoms with Crippen molar-refractivity contribution in [1.29, 1.82) is 0 Å². The van der Waals surface area contributed by atoms with Gasteiger partial charge >= 0.3 is 11.9 Å². The number of aliphatic hydroxyl groups is 5. The summed E-state index contributed by atoms with van der Waals surface area (Å²) in [5.74, 6) is -0.323. The fraction of sp³-hybridized carbons (Fsp3) is 0.895. The zero-order chi connectivity index (χ0) is 37.3. The molecule has 52 heavy (non-hydrogen) atoms. The second-order valence-corrected chi connectivity index (χ2v) is 17.1. The van der Waals surface area contributed by atoms with Crippen LogP contribution in [0.1, 0.15) is 85.5 Å². The number of ether oxygens (including phenoxy) is 7. The molecule has 3 heterocycles. The van der Waals surface area contributed by atoms with Crippen molar-refractivity contribution in [1.82, 2.24) is 0 Å². The normalized spacial score (nSPS) is 51.8. The first kappa shape index (κ1) is 38.6. The molecule has 4 aliphatic carbocycles. The van der Waals surface area contributed by atoms with Gasteiger partial charge in [0.1, 0.15) is 43.2 Å². The predicted molar refractivity (Wildman–Crippen MR) is 180 cm³/mol. The van der Waals surface area contributed by atoms with Gasteiger partial charge in [0.2, 0.25) is 0 Å². The summed E-state index contributed by atoms with van der Waals surface area (Å²) in [5.41, 5.74) is -0.799. The number of carbonyl (C=O) groups is 2. The quantitative estimate of drug-likeness (QED) is 0.177. The second-order valence-electron chi connectivity index (χ2n) is 17.1. The molecule has 6 fully saturated rings. The summed E-state index contributed by atoms with van der Waals surface area (Å²) >= 11 is 0. The Morgan fingerprint density at radius 1 is 0.962 bits per heavy atom. The van der Waals surface area contributed by atoms with Crippen LogP contribution < -0.4 is 0 Å². The Balaban J connectivity index is 0.999. The van der Waals surface area contributed by atoms with E-state index in [1.165, 1.54) is 13.0 Å². The maximum Gasteiger partial charge on any atom is 0.331 e. The number of hydrogen-bond donors (Lipinski definition) is 5. The zero-order valence-corrected chi connectivity index (χ0v) is 30.9. The average molecular weight is 739 g/mol. The minimum Gasteiger partial charge on any atom is -0.462 e. The Morgan fingerprint density at radius 2 is 1.73 bits per heavy atom. The highest BCUT2D eigenvalue weighted by atomic mass is 16.7. The zero-order valence-electron chi connectivity index (χ0n) is 30.9. The summed E-state index contributed by atoms with van der Waals surface area (Å²) in [4.78, 5) is 24.4. The van der Waals surface area contributed by atoms with Gasteiger partial charge in [-0.05, 0) is 80.6 Å². The van der Waals surface area contributed by atoms with E-state index in [9.17, 15) is 35.1 Å². The Morgan fingerprint density at radius 3 is 2.40 bits per heavy atom. The van der Waals surface area contributed by atoms with Crippen molar-refractivity contribution in [3.05, 3.63) is 11.6 Å². The van der Waals surface area contributed by atoms with Gasteiger partial charge < -0.3 is 58.7 Å². The summed E-state index contributed by atoms with van der Waals surface area (Å²) in [6.07, 6.45) is -1.29. The van der Waals surface area contributed by atoms with Gasteiger partial charge in [-0.1, -0.05) is 13.8 Å². The molecule has 4 saturated carbocycles. The number of cyclic esters (lactones) is 1. The molecule has 0 aromatic rings. The van der Waals surface area contributed by atoms with E-state index in [1.54, 1.807) is 7.11 Å². The van der Waals surface area contributed by atoms with E-state index >= 15 is 0 Å². The molecule has 3 aliphatic heterocycles. The number of rotatable bonds is 8. The molecular weight excluding hydrogens is 680 g/mol. The molecule has 0 radical (unpaired) electrons. The third-order valence-corrected chi connectivity index (χ3v) is 14.6. The summed E-state index contributed by atoms with van der Waals surface area (Å²) in [5, 5.41) is 53.3. The molecule has 294 valence electrons. The second kappa shape index (κ2) is 14.4. The first-order valence-electron chi connectivity index (χ1n) is 19.2. The van der Waals surface area contributed by atoms with E-state index in [2.05, 4.69) is 13.8 Å². The highest BCUT2D eigenvalue weighted by Crippen LogP contribution is 2.70. The van der Waals surface area contributed by atoms with E-state index in [1.807, 2.05) is 6.92 Å². The maximum atomic E-state index is 12.8. The van der Waals surface area contributed by atoms with Gasteiger partial charge in [0.25, 0.3) is 0 Å². The van der Waals surface area contributed by atoms with E-state index < -0.39 is 79.0 Å². The van der Waals surface area contributed by atoms with Gasteiger partial charge in [-0.25, -0.2) is 4.79 Å². The molecule has 5 N–H and O–H groups in total. The summed E-state index contributed by atoms with van der Waals surface area (Å²) in [7, 11) is 1.57. The monoisotopic (exact) mass is 738 g/mol. The average Bonchev–Trinajstić information content (AvgIpc) is 3.61. The van der Waals surface area contributed by atoms with E-state index in [-0.39, 0.29) is 41.9 Å². The molecule has 0 spiro atoms. The standard InChI is InChI=1S/C38H58O14/c1-18-34(52-35-33(44)32(43)31(42)27(16-39)51-35)25(46-5)14-29(48-18)50-22-8-10-36(3)21(13-22)6-7-24-23(36)9-11-37(4)30(20-12-28(41)47-17-20)26(49-19(2)40)15-38(24,37)45/h12,18,21-27,29-35,39,42-45H,6-11,13-17H2,1-5H3/t18-,21-,22+,23+,24-,25+,26+,27-,29+,30+,31-,32+,33-,34-,35+,36+,37-,38+/m1/s1. The third-order valence-electron chi connectivity index (χ3n) is 14.6. The van der Waals surface area contributed by atoms with E-state index in [0.29, 0.717) is 24.7 Å². The number of methoxy groups -OCH3 is 1. The molecule has 7 aliphatic rings. The minimum atomic E-state index is -1.55. The molecule has 0 aromatic heterocycles. The van der Waals surface area contributed by atoms with Gasteiger partial charge in [-0.3, -0.25) is 4.79 Å². The number of carbonyl (C=O) groups excluding carboxylic acids is 2. The molecule has 18 atom stereocenters. The van der Waals surface area contributed by atoms with E-state index in [0.717, 1.165) is 50.5 Å². The summed E-state index contributed by atoms with van der Waals surface area (Å²) < 4.78 is 41.6. The van der Waals surface area contributed by atoms with Crippen LogP contribution in [0, 0.1) is 34.5 Å². The Labute approximate surface area is 305 Å². The van der Waals surface area contributed by atoms with Crippen molar-refractivity contribution in [2.75, 3.05) is 20.3 Å². The molecule has 0 bridgehead atoms. The smallest absolute Gasteiger partial charge is 0.331 e. The van der Waals surface area contributed by atoms with Gasteiger partial charge in [-0.2, -0.15) is 0 Å². The lowest BCUT2D eigenvalue weighted by molar-refractivity contribution is -0.345. The van der Waals surface area contributed by atoms with Crippen LogP contribution in [0.3, 0.4) is 0 Å². The van der Waals surface area contributed by atoms with Crippen molar-refractivity contribution in [2.24, 2.45) is 34.5 Å². The fourth-order valence-corrected chi connectivity index (χ4v) is 11.9. The van der Waals surface area contributed by atoms with Crippen LogP contribution in [-0.2, 0) is 42.7 Å². The van der Waals surface area contributed by atoms with E-state index in [4.69, 9.17) is 33.2 Å². The predicted octanol–water partition coefficient (Wildman–Crippen LogP) is 1.51. The Bertz CT molecular complexity index is 1370. The van der Waals surface area contributed by atoms with Crippen molar-refractivity contribution >= 4 is 11.9 Å². The lowest BCUT2D eigenvalue weighted by Crippen LogP contribution is -2.62. The lowest BCUT2D eigenvalue weighted by atomic mass is 9.43. The number of hydrogen-bond acceptors (Lipinski definition) is 14. The maximum absolute atomic E-state index is 12.8. The van der Waals surface area contributed by atoms with Crippen LogP contribution in [-0.4, -0.2) is 131 Å². The molecule has 2 saturated heterocycles. The SMILES string of the molecule is CO[C@H]1C[C@H](O[C@H]2CC[C@@]3(C)[C@H](CC[C@@H]4[C@@H]3CC[C@]3(C)[C@@H](C5=CC(=O)OC5)[C@@H](OC(C)=O)C[C@]43O)C2)O[C@H](C)[C@H]1O[C@@H]1O[C@H](CO)[C@@H](O)[C@H](O)[C@H]1O. The minimum absolute atomic E-state index is 0.000668. The fourth-order valence-electron chi connectivity index (χ4n) is 11.9. The molecule has 0 unspecified atom stereocenters. The first-order chi connectivity index (χ1) is 24.6. The van der Waals surface area contributed by atoms with Gasteiger partial charge in [0.05, 0.1) is 30.5 Å². The summed E-state index contributed by atoms with van der Waals surface area (Å²) in [6, 6.07) is 0. The van der Waals surface area contributed by atoms with Gasteiger partial charge in [0, 0.05) is 44.3 Å². The highest BCUT2D eigenvalue weighted by Gasteiger charge is 2.71. The van der Waals surface area contributed by atoms with Crippen LogP contribution >= 0.6 is 0 Å². The summed E-state index contributed by atoms with van der Waals surface area (Å²) in [6.45, 7) is 7.35. The van der Waals surface area contributed by atoms with Crippen LogP contribution in [0.15, 0.2) is 11.6 Å². The number of fused-ring (bicyclic) bond motifs is 5. The van der Waals surface area contributed by atoms with Crippen LogP contribution in [0.5, 0.6) is 0 Å². The van der Waals surface area contributed by atoms with Gasteiger partial charge in [-0.15, -0.1) is 0 Å². The molecule has 14 heteroatoms. The topological polar surface area (TPSA) is 200 Å². The van der Waals surface area contributed by atoms with Crippen molar-refractivity contribution in [3.8, 4) is 0 Å². The molecule has 0 aromatic carbocycles. The number of aliphatic hydroxyl groups excluding tert-OH is 4. The van der Waals surface area contributed by atoms with Crippen molar-refractivity contribution in [3.63, 3.8) is 0 Å². The molecule has 0 amide bonds. The lowest BCUT2D eigenvalue weighted by Gasteiger charge is -2.63. The molecule has 14 nitrogen and oxygen atoms in total. The van der Waals surface area contributed by atoms with Crippen LogP contribution in [0.4, 0.5) is 0 Å². The van der Waals surface area contributed by atoms with Gasteiger partial charge in [0.15, 0.2) is 12.6 Å². The van der Waals surface area contributed by atoms with Crippen molar-refractivity contribution < 1.29 is 68.3 Å². The third kappa shape index (κ3) is 6.36. The van der Waals surface area contributed by atoms with Crippen LogP contribution in [0.2, 0.25) is 0 Å². The largest absolute Gasteiger partial charge is 0.462 e. The van der Waals surface area contributed by atoms with Crippen LogP contribution in [0.25, 0.3) is 0 Å². The highest BCUT2D eigenvalue weighted by molar-refractivity contribution is 5.85. The molecule has 7 rings (SSSR count). The Kier molecular flexibility index (Phi) is 10.7. The Hall–Kier alpha value is -1.72. The first-order valence-corrected chi connectivity index (χ1v) is 19.2. The number of esters is 2.